The lowest BCUT2D eigenvalue weighted by Crippen LogP contribution is -2.28. The first-order valence-electron chi connectivity index (χ1n) is 8.54. The molecule has 27 heavy (non-hydrogen) atoms. The van der Waals surface area contributed by atoms with E-state index in [9.17, 15) is 13.6 Å². The Morgan fingerprint density at radius 2 is 1.70 bits per heavy atom. The van der Waals surface area contributed by atoms with Gasteiger partial charge in [-0.3, -0.25) is 14.8 Å². The minimum Gasteiger partial charge on any atom is -0.348 e. The molecule has 2 aromatic carbocycles. The molecule has 1 aromatic heterocycles. The third-order valence-electron chi connectivity index (χ3n) is 4.19. The number of amides is 1. The van der Waals surface area contributed by atoms with Gasteiger partial charge in [-0.1, -0.05) is 30.3 Å². The fourth-order valence-electron chi connectivity index (χ4n) is 2.67. The maximum absolute atomic E-state index is 13.4. The number of rotatable bonds is 5. The van der Waals surface area contributed by atoms with Gasteiger partial charge in [-0.05, 0) is 42.7 Å². The smallest absolute Gasteiger partial charge is 0.224 e. The van der Waals surface area contributed by atoms with Crippen molar-refractivity contribution in [2.24, 2.45) is 0 Å². The molecular formula is C21H19F2N3O. The van der Waals surface area contributed by atoms with Crippen LogP contribution < -0.4 is 5.32 Å². The number of hydrogen-bond acceptors (Lipinski definition) is 3. The number of carbonyl (C=O) groups excluding carboxylic acids is 1. The van der Waals surface area contributed by atoms with Crippen LogP contribution in [-0.2, 0) is 11.2 Å². The average molecular weight is 367 g/mol. The number of aryl methyl sites for hydroxylation is 1. The van der Waals surface area contributed by atoms with Crippen molar-refractivity contribution in [1.29, 1.82) is 0 Å². The van der Waals surface area contributed by atoms with Crippen LogP contribution in [0.5, 0.6) is 0 Å². The van der Waals surface area contributed by atoms with E-state index >= 15 is 0 Å². The average Bonchev–Trinajstić information content (AvgIpc) is 2.65. The molecule has 6 heteroatoms. The zero-order chi connectivity index (χ0) is 19.4. The fourth-order valence-corrected chi connectivity index (χ4v) is 2.67. The summed E-state index contributed by atoms with van der Waals surface area (Å²) in [6.45, 7) is 3.70. The molecule has 3 aromatic rings. The van der Waals surface area contributed by atoms with Crippen molar-refractivity contribution >= 4 is 5.91 Å². The number of aromatic nitrogens is 2. The first kappa shape index (κ1) is 18.6. The number of hydrogen-bond donors (Lipinski definition) is 1. The van der Waals surface area contributed by atoms with Gasteiger partial charge < -0.3 is 5.32 Å². The highest BCUT2D eigenvalue weighted by Gasteiger charge is 2.12. The molecule has 0 bridgehead atoms. The van der Waals surface area contributed by atoms with Crippen molar-refractivity contribution in [3.8, 4) is 11.1 Å². The van der Waals surface area contributed by atoms with Gasteiger partial charge in [0.05, 0.1) is 30.0 Å². The lowest BCUT2D eigenvalue weighted by molar-refractivity contribution is -0.121. The van der Waals surface area contributed by atoms with Crippen molar-refractivity contribution in [2.45, 2.75) is 26.3 Å². The number of carbonyl (C=O) groups is 1. The molecule has 0 saturated heterocycles. The molecule has 0 radical (unpaired) electrons. The van der Waals surface area contributed by atoms with Gasteiger partial charge in [-0.15, -0.1) is 0 Å². The van der Waals surface area contributed by atoms with E-state index in [0.29, 0.717) is 11.3 Å². The summed E-state index contributed by atoms with van der Waals surface area (Å²) in [5.41, 5.74) is 3.67. The molecule has 0 unspecified atom stereocenters. The SMILES string of the molecule is Cc1cnc([C@@H](C)NC(=O)Cc2ccc(-c3ccc(F)c(F)c3)cc2)cn1. The predicted molar refractivity (Wildman–Crippen MR) is 98.8 cm³/mol. The number of benzene rings is 2. The van der Waals surface area contributed by atoms with Gasteiger partial charge in [0.1, 0.15) is 0 Å². The summed E-state index contributed by atoms with van der Waals surface area (Å²) >= 11 is 0. The lowest BCUT2D eigenvalue weighted by Gasteiger charge is -2.13. The molecule has 138 valence electrons. The Hall–Kier alpha value is -3.15. The molecule has 0 fully saturated rings. The highest BCUT2D eigenvalue weighted by Crippen LogP contribution is 2.22. The molecule has 0 spiro atoms. The minimum atomic E-state index is -0.885. The highest BCUT2D eigenvalue weighted by molar-refractivity contribution is 5.79. The first-order chi connectivity index (χ1) is 12.9. The Kier molecular flexibility index (Phi) is 5.54. The Balaban J connectivity index is 1.62. The molecule has 0 aliphatic rings. The molecule has 0 aliphatic heterocycles. The maximum atomic E-state index is 13.4. The molecule has 1 atom stereocenters. The van der Waals surface area contributed by atoms with Crippen LogP contribution >= 0.6 is 0 Å². The summed E-state index contributed by atoms with van der Waals surface area (Å²) in [5.74, 6) is -1.89. The van der Waals surface area contributed by atoms with E-state index in [1.54, 1.807) is 36.7 Å². The quantitative estimate of drug-likeness (QED) is 0.737. The Bertz CT molecular complexity index is 941. The normalized spacial score (nSPS) is 11.9. The number of nitrogens with zero attached hydrogens (tertiary/aromatic N) is 2. The van der Waals surface area contributed by atoms with E-state index in [0.717, 1.165) is 29.0 Å². The van der Waals surface area contributed by atoms with Crippen molar-refractivity contribution in [2.75, 3.05) is 0 Å². The highest BCUT2D eigenvalue weighted by atomic mass is 19.2. The van der Waals surface area contributed by atoms with Crippen LogP contribution in [0, 0.1) is 18.6 Å². The zero-order valence-electron chi connectivity index (χ0n) is 15.0. The molecule has 1 N–H and O–H groups in total. The summed E-state index contributed by atoms with van der Waals surface area (Å²) in [7, 11) is 0. The third-order valence-corrected chi connectivity index (χ3v) is 4.19. The van der Waals surface area contributed by atoms with Crippen LogP contribution in [-0.4, -0.2) is 15.9 Å². The second kappa shape index (κ2) is 8.03. The van der Waals surface area contributed by atoms with Gasteiger partial charge in [0, 0.05) is 6.20 Å². The maximum Gasteiger partial charge on any atom is 0.224 e. The van der Waals surface area contributed by atoms with Crippen LogP contribution in [0.25, 0.3) is 11.1 Å². The van der Waals surface area contributed by atoms with E-state index in [4.69, 9.17) is 0 Å². The molecule has 0 saturated carbocycles. The second-order valence-electron chi connectivity index (χ2n) is 6.37. The van der Waals surface area contributed by atoms with Gasteiger partial charge in [-0.2, -0.15) is 0 Å². The van der Waals surface area contributed by atoms with Crippen LogP contribution in [0.4, 0.5) is 8.78 Å². The van der Waals surface area contributed by atoms with Gasteiger partial charge in [0.15, 0.2) is 11.6 Å². The van der Waals surface area contributed by atoms with Gasteiger partial charge in [-0.25, -0.2) is 8.78 Å². The number of nitrogens with one attached hydrogen (secondary N) is 1. The monoisotopic (exact) mass is 367 g/mol. The van der Waals surface area contributed by atoms with Gasteiger partial charge in [0.25, 0.3) is 0 Å². The Morgan fingerprint density at radius 3 is 2.33 bits per heavy atom. The van der Waals surface area contributed by atoms with E-state index in [1.807, 2.05) is 13.8 Å². The molecule has 1 amide bonds. The van der Waals surface area contributed by atoms with Crippen LogP contribution in [0.2, 0.25) is 0 Å². The van der Waals surface area contributed by atoms with Crippen LogP contribution in [0.3, 0.4) is 0 Å². The lowest BCUT2D eigenvalue weighted by atomic mass is 10.0. The van der Waals surface area contributed by atoms with Gasteiger partial charge >= 0.3 is 0 Å². The Morgan fingerprint density at radius 1 is 1.00 bits per heavy atom. The summed E-state index contributed by atoms with van der Waals surface area (Å²) in [6.07, 6.45) is 3.52. The minimum absolute atomic E-state index is 0.134. The predicted octanol–water partition coefficient (Wildman–Crippen LogP) is 4.15. The third kappa shape index (κ3) is 4.73. The van der Waals surface area contributed by atoms with Crippen molar-refractivity contribution < 1.29 is 13.6 Å². The van der Waals surface area contributed by atoms with E-state index in [-0.39, 0.29) is 18.4 Å². The molecule has 4 nitrogen and oxygen atoms in total. The van der Waals surface area contributed by atoms with Crippen molar-refractivity contribution in [3.05, 3.63) is 83.4 Å². The Labute approximate surface area is 156 Å². The number of halogens is 2. The summed E-state index contributed by atoms with van der Waals surface area (Å²) < 4.78 is 26.4. The van der Waals surface area contributed by atoms with Crippen LogP contribution in [0.15, 0.2) is 54.9 Å². The summed E-state index contributed by atoms with van der Waals surface area (Å²) in [4.78, 5) is 20.7. The second-order valence-corrected chi connectivity index (χ2v) is 6.37. The largest absolute Gasteiger partial charge is 0.348 e. The van der Waals surface area contributed by atoms with E-state index in [2.05, 4.69) is 15.3 Å². The summed E-state index contributed by atoms with van der Waals surface area (Å²) in [5, 5.41) is 2.89. The topological polar surface area (TPSA) is 54.9 Å². The molecular weight excluding hydrogens is 348 g/mol. The van der Waals surface area contributed by atoms with Gasteiger partial charge in [0.2, 0.25) is 5.91 Å². The van der Waals surface area contributed by atoms with E-state index in [1.165, 1.54) is 6.07 Å². The van der Waals surface area contributed by atoms with Crippen molar-refractivity contribution in [3.63, 3.8) is 0 Å². The van der Waals surface area contributed by atoms with Crippen LogP contribution in [0.1, 0.15) is 29.9 Å². The molecule has 0 aliphatic carbocycles. The zero-order valence-corrected chi connectivity index (χ0v) is 15.0. The molecule has 3 rings (SSSR count). The summed E-state index contributed by atoms with van der Waals surface area (Å²) in [6, 6.07) is 10.7. The van der Waals surface area contributed by atoms with Crippen molar-refractivity contribution in [1.82, 2.24) is 15.3 Å². The molecule has 1 heterocycles. The standard InChI is InChI=1S/C21H19F2N3O/c1-13-11-25-20(12-24-13)14(2)26-21(27)9-15-3-5-16(6-4-15)17-7-8-18(22)19(23)10-17/h3-8,10-12,14H,9H2,1-2H3,(H,26,27)/t14-/m1/s1. The first-order valence-corrected chi connectivity index (χ1v) is 8.54. The van der Waals surface area contributed by atoms with E-state index < -0.39 is 11.6 Å². The fraction of sp³-hybridized carbons (Fsp3) is 0.190.